The SMILES string of the molecule is CC(C)C1CC(N2CCCCC2)C1. The molecule has 2 fully saturated rings. The highest BCUT2D eigenvalue weighted by Crippen LogP contribution is 2.37. The summed E-state index contributed by atoms with van der Waals surface area (Å²) < 4.78 is 0. The van der Waals surface area contributed by atoms with E-state index < -0.39 is 0 Å². The molecule has 1 aliphatic heterocycles. The predicted molar refractivity (Wildman–Crippen MR) is 56.8 cm³/mol. The van der Waals surface area contributed by atoms with Crippen LogP contribution in [0.5, 0.6) is 0 Å². The van der Waals surface area contributed by atoms with Gasteiger partial charge in [-0.05, 0) is 50.6 Å². The van der Waals surface area contributed by atoms with E-state index in [0.29, 0.717) is 0 Å². The average Bonchev–Trinajstić information content (AvgIpc) is 2.02. The fraction of sp³-hybridized carbons (Fsp3) is 1.00. The summed E-state index contributed by atoms with van der Waals surface area (Å²) in [7, 11) is 0. The highest BCUT2D eigenvalue weighted by Gasteiger charge is 2.35. The molecule has 0 aromatic carbocycles. The molecule has 0 aromatic rings. The molecule has 13 heavy (non-hydrogen) atoms. The minimum absolute atomic E-state index is 0.918. The zero-order chi connectivity index (χ0) is 9.26. The summed E-state index contributed by atoms with van der Waals surface area (Å²) in [6, 6.07) is 0.965. The van der Waals surface area contributed by atoms with Gasteiger partial charge in [-0.15, -0.1) is 0 Å². The van der Waals surface area contributed by atoms with Crippen molar-refractivity contribution in [1.82, 2.24) is 4.90 Å². The van der Waals surface area contributed by atoms with E-state index in [2.05, 4.69) is 18.7 Å². The van der Waals surface area contributed by atoms with Crippen molar-refractivity contribution < 1.29 is 0 Å². The van der Waals surface area contributed by atoms with Gasteiger partial charge < -0.3 is 4.90 Å². The first-order valence-corrected chi connectivity index (χ1v) is 6.01. The van der Waals surface area contributed by atoms with Gasteiger partial charge in [0.05, 0.1) is 0 Å². The number of hydrogen-bond acceptors (Lipinski definition) is 1. The molecule has 1 aliphatic carbocycles. The number of piperidine rings is 1. The molecule has 2 rings (SSSR count). The quantitative estimate of drug-likeness (QED) is 0.633. The number of nitrogens with zero attached hydrogens (tertiary/aromatic N) is 1. The predicted octanol–water partition coefficient (Wildman–Crippen LogP) is 2.91. The number of likely N-dealkylation sites (tertiary alicyclic amines) is 1. The molecular weight excluding hydrogens is 158 g/mol. The highest BCUT2D eigenvalue weighted by molar-refractivity contribution is 4.89. The maximum absolute atomic E-state index is 2.74. The van der Waals surface area contributed by atoms with Gasteiger partial charge in [0.25, 0.3) is 0 Å². The van der Waals surface area contributed by atoms with E-state index in [9.17, 15) is 0 Å². The fourth-order valence-electron chi connectivity index (χ4n) is 2.76. The van der Waals surface area contributed by atoms with Crippen LogP contribution in [0.4, 0.5) is 0 Å². The van der Waals surface area contributed by atoms with E-state index in [0.717, 1.165) is 17.9 Å². The van der Waals surface area contributed by atoms with Crippen LogP contribution in [0.3, 0.4) is 0 Å². The molecule has 0 radical (unpaired) electrons. The van der Waals surface area contributed by atoms with Crippen LogP contribution >= 0.6 is 0 Å². The smallest absolute Gasteiger partial charge is 0.0101 e. The molecule has 0 spiro atoms. The molecule has 0 N–H and O–H groups in total. The Hall–Kier alpha value is -0.0400. The summed E-state index contributed by atoms with van der Waals surface area (Å²) in [6.45, 7) is 7.51. The topological polar surface area (TPSA) is 3.24 Å². The summed E-state index contributed by atoms with van der Waals surface area (Å²) >= 11 is 0. The lowest BCUT2D eigenvalue weighted by atomic mass is 9.72. The molecule has 0 bridgehead atoms. The first-order valence-electron chi connectivity index (χ1n) is 6.01. The second-order valence-corrected chi connectivity index (χ2v) is 5.23. The lowest BCUT2D eigenvalue weighted by Crippen LogP contribution is -2.48. The molecule has 76 valence electrons. The molecule has 0 aromatic heterocycles. The minimum Gasteiger partial charge on any atom is -0.300 e. The molecule has 2 aliphatic rings. The standard InChI is InChI=1S/C12H23N/c1-10(2)11-8-12(9-11)13-6-4-3-5-7-13/h10-12H,3-9H2,1-2H3. The van der Waals surface area contributed by atoms with Crippen LogP contribution in [-0.4, -0.2) is 24.0 Å². The van der Waals surface area contributed by atoms with Crippen molar-refractivity contribution in [2.45, 2.75) is 52.0 Å². The van der Waals surface area contributed by atoms with Gasteiger partial charge in [-0.1, -0.05) is 20.3 Å². The van der Waals surface area contributed by atoms with Crippen LogP contribution in [0.15, 0.2) is 0 Å². The molecule has 1 saturated carbocycles. The van der Waals surface area contributed by atoms with Gasteiger partial charge in [-0.2, -0.15) is 0 Å². The largest absolute Gasteiger partial charge is 0.300 e. The fourth-order valence-corrected chi connectivity index (χ4v) is 2.76. The Morgan fingerprint density at radius 3 is 2.15 bits per heavy atom. The molecular formula is C12H23N. The van der Waals surface area contributed by atoms with Crippen molar-refractivity contribution in [3.63, 3.8) is 0 Å². The maximum Gasteiger partial charge on any atom is 0.0101 e. The van der Waals surface area contributed by atoms with Crippen molar-refractivity contribution in [3.05, 3.63) is 0 Å². The summed E-state index contributed by atoms with van der Waals surface area (Å²) in [6.07, 6.45) is 7.33. The normalized spacial score (nSPS) is 36.2. The maximum atomic E-state index is 2.74. The monoisotopic (exact) mass is 181 g/mol. The Kier molecular flexibility index (Phi) is 2.92. The Morgan fingerprint density at radius 1 is 1.00 bits per heavy atom. The van der Waals surface area contributed by atoms with E-state index in [1.165, 1.54) is 45.2 Å². The van der Waals surface area contributed by atoms with Crippen LogP contribution in [0.2, 0.25) is 0 Å². The van der Waals surface area contributed by atoms with E-state index in [4.69, 9.17) is 0 Å². The Bertz CT molecular complexity index is 153. The Labute approximate surface area is 82.5 Å². The van der Waals surface area contributed by atoms with Crippen LogP contribution in [0.1, 0.15) is 46.0 Å². The first kappa shape index (κ1) is 9.51. The zero-order valence-electron chi connectivity index (χ0n) is 9.13. The average molecular weight is 181 g/mol. The molecule has 1 saturated heterocycles. The van der Waals surface area contributed by atoms with E-state index in [-0.39, 0.29) is 0 Å². The highest BCUT2D eigenvalue weighted by atomic mass is 15.2. The Balaban J connectivity index is 1.72. The van der Waals surface area contributed by atoms with Crippen molar-refractivity contribution >= 4 is 0 Å². The summed E-state index contributed by atoms with van der Waals surface area (Å²) in [5, 5.41) is 0. The molecule has 0 unspecified atom stereocenters. The van der Waals surface area contributed by atoms with E-state index in [1.807, 2.05) is 0 Å². The van der Waals surface area contributed by atoms with E-state index >= 15 is 0 Å². The number of rotatable bonds is 2. The van der Waals surface area contributed by atoms with Gasteiger partial charge in [0.15, 0.2) is 0 Å². The summed E-state index contributed by atoms with van der Waals surface area (Å²) in [4.78, 5) is 2.74. The van der Waals surface area contributed by atoms with Crippen molar-refractivity contribution in [3.8, 4) is 0 Å². The van der Waals surface area contributed by atoms with Crippen molar-refractivity contribution in [2.24, 2.45) is 11.8 Å². The molecule has 0 atom stereocenters. The van der Waals surface area contributed by atoms with Gasteiger partial charge >= 0.3 is 0 Å². The number of hydrogen-bond donors (Lipinski definition) is 0. The zero-order valence-corrected chi connectivity index (χ0v) is 9.13. The van der Waals surface area contributed by atoms with Crippen molar-refractivity contribution in [2.75, 3.05) is 13.1 Å². The van der Waals surface area contributed by atoms with E-state index in [1.54, 1.807) is 0 Å². The van der Waals surface area contributed by atoms with Gasteiger partial charge in [0.2, 0.25) is 0 Å². The lowest BCUT2D eigenvalue weighted by molar-refractivity contribution is 0.0426. The minimum atomic E-state index is 0.918. The van der Waals surface area contributed by atoms with Gasteiger partial charge in [0, 0.05) is 6.04 Å². The summed E-state index contributed by atoms with van der Waals surface area (Å²) in [5.41, 5.74) is 0. The molecule has 1 heterocycles. The lowest BCUT2D eigenvalue weighted by Gasteiger charge is -2.46. The van der Waals surface area contributed by atoms with Crippen LogP contribution in [0.25, 0.3) is 0 Å². The first-order chi connectivity index (χ1) is 6.27. The van der Waals surface area contributed by atoms with Crippen LogP contribution in [0, 0.1) is 11.8 Å². The molecule has 0 amide bonds. The van der Waals surface area contributed by atoms with Gasteiger partial charge in [0.1, 0.15) is 0 Å². The molecule has 1 heteroatoms. The third-order valence-electron chi connectivity index (χ3n) is 4.00. The third-order valence-corrected chi connectivity index (χ3v) is 4.00. The second-order valence-electron chi connectivity index (χ2n) is 5.23. The van der Waals surface area contributed by atoms with Gasteiger partial charge in [-0.3, -0.25) is 0 Å². The van der Waals surface area contributed by atoms with Crippen LogP contribution in [-0.2, 0) is 0 Å². The van der Waals surface area contributed by atoms with Gasteiger partial charge in [-0.25, -0.2) is 0 Å². The molecule has 1 nitrogen and oxygen atoms in total. The Morgan fingerprint density at radius 2 is 1.62 bits per heavy atom. The third kappa shape index (κ3) is 2.07. The second kappa shape index (κ2) is 4.00. The van der Waals surface area contributed by atoms with Crippen LogP contribution < -0.4 is 0 Å². The summed E-state index contributed by atoms with van der Waals surface area (Å²) in [5.74, 6) is 1.95. The van der Waals surface area contributed by atoms with Crippen molar-refractivity contribution in [1.29, 1.82) is 0 Å².